The summed E-state index contributed by atoms with van der Waals surface area (Å²) in [5.41, 5.74) is 0.389. The van der Waals surface area contributed by atoms with Crippen LogP contribution in [0.2, 0.25) is 0 Å². The van der Waals surface area contributed by atoms with E-state index in [2.05, 4.69) is 13.0 Å². The summed E-state index contributed by atoms with van der Waals surface area (Å²) in [6, 6.07) is 2.20. The second kappa shape index (κ2) is 3.84. The lowest BCUT2D eigenvalue weighted by molar-refractivity contribution is -0.130. The Kier molecular flexibility index (Phi) is 2.68. The van der Waals surface area contributed by atoms with Gasteiger partial charge in [0.15, 0.2) is 0 Å². The van der Waals surface area contributed by atoms with E-state index in [0.717, 1.165) is 13.0 Å². The second-order valence-electron chi connectivity index (χ2n) is 5.01. The van der Waals surface area contributed by atoms with Crippen molar-refractivity contribution < 1.29 is 4.79 Å². The van der Waals surface area contributed by atoms with Gasteiger partial charge in [0.1, 0.15) is 0 Å². The Labute approximate surface area is 91.1 Å². The molecule has 15 heavy (non-hydrogen) atoms. The molecule has 3 nitrogen and oxygen atoms in total. The van der Waals surface area contributed by atoms with Crippen molar-refractivity contribution in [2.45, 2.75) is 39.0 Å². The molecule has 1 saturated heterocycles. The zero-order valence-corrected chi connectivity index (χ0v) is 9.33. The van der Waals surface area contributed by atoms with Gasteiger partial charge in [-0.3, -0.25) is 4.79 Å². The average molecular weight is 206 g/mol. The molecular formula is C12H18N2O. The van der Waals surface area contributed by atoms with Gasteiger partial charge in [0.2, 0.25) is 5.91 Å². The predicted octanol–water partition coefficient (Wildman–Crippen LogP) is 1.94. The molecule has 1 amide bonds. The Hall–Kier alpha value is -1.04. The third-order valence-electron chi connectivity index (χ3n) is 4.09. The van der Waals surface area contributed by atoms with Crippen molar-refractivity contribution in [1.82, 2.24) is 4.90 Å². The van der Waals surface area contributed by atoms with Gasteiger partial charge in [-0.25, -0.2) is 0 Å². The fourth-order valence-corrected chi connectivity index (χ4v) is 2.72. The summed E-state index contributed by atoms with van der Waals surface area (Å²) < 4.78 is 0. The standard InChI is InChI=1S/C12H18N2O/c1-2-12(4-3-5-12)9-14-8-10(7-13)6-11(14)15/h10H,2-6,8-9H2,1H3. The Bertz CT molecular complexity index is 296. The van der Waals surface area contributed by atoms with Gasteiger partial charge < -0.3 is 4.90 Å². The molecule has 0 radical (unpaired) electrons. The van der Waals surface area contributed by atoms with Crippen LogP contribution < -0.4 is 0 Å². The molecule has 0 aromatic heterocycles. The lowest BCUT2D eigenvalue weighted by atomic mass is 9.67. The number of rotatable bonds is 3. The van der Waals surface area contributed by atoms with Crippen molar-refractivity contribution in [3.63, 3.8) is 0 Å². The van der Waals surface area contributed by atoms with Gasteiger partial charge in [0.25, 0.3) is 0 Å². The first-order valence-corrected chi connectivity index (χ1v) is 5.86. The van der Waals surface area contributed by atoms with E-state index in [0.29, 0.717) is 18.4 Å². The van der Waals surface area contributed by atoms with Gasteiger partial charge in [0.05, 0.1) is 12.0 Å². The van der Waals surface area contributed by atoms with Crippen molar-refractivity contribution in [3.8, 4) is 6.07 Å². The van der Waals surface area contributed by atoms with E-state index >= 15 is 0 Å². The molecular weight excluding hydrogens is 188 g/mol. The zero-order valence-electron chi connectivity index (χ0n) is 9.33. The van der Waals surface area contributed by atoms with Crippen molar-refractivity contribution >= 4 is 5.91 Å². The number of nitriles is 1. The lowest BCUT2D eigenvalue weighted by Gasteiger charge is -2.43. The normalized spacial score (nSPS) is 28.7. The first-order valence-electron chi connectivity index (χ1n) is 5.86. The van der Waals surface area contributed by atoms with Crippen molar-refractivity contribution in [3.05, 3.63) is 0 Å². The number of hydrogen-bond donors (Lipinski definition) is 0. The molecule has 0 aromatic rings. The minimum atomic E-state index is -0.0634. The maximum Gasteiger partial charge on any atom is 0.224 e. The number of hydrogen-bond acceptors (Lipinski definition) is 2. The monoisotopic (exact) mass is 206 g/mol. The Morgan fingerprint density at radius 1 is 1.60 bits per heavy atom. The lowest BCUT2D eigenvalue weighted by Crippen LogP contribution is -2.42. The van der Waals surface area contributed by atoms with Gasteiger partial charge in [-0.05, 0) is 24.7 Å². The molecule has 3 heteroatoms. The van der Waals surface area contributed by atoms with Crippen LogP contribution in [0, 0.1) is 22.7 Å². The Balaban J connectivity index is 1.95. The summed E-state index contributed by atoms with van der Waals surface area (Å²) in [5.74, 6) is 0.118. The summed E-state index contributed by atoms with van der Waals surface area (Å²) in [6.45, 7) is 3.76. The molecule has 1 saturated carbocycles. The highest BCUT2D eigenvalue weighted by atomic mass is 16.2. The van der Waals surface area contributed by atoms with E-state index in [1.165, 1.54) is 19.3 Å². The van der Waals surface area contributed by atoms with Crippen LogP contribution >= 0.6 is 0 Å². The van der Waals surface area contributed by atoms with Gasteiger partial charge >= 0.3 is 0 Å². The van der Waals surface area contributed by atoms with E-state index in [4.69, 9.17) is 5.26 Å². The molecule has 0 bridgehead atoms. The van der Waals surface area contributed by atoms with E-state index in [1.54, 1.807) is 0 Å². The maximum atomic E-state index is 11.7. The minimum absolute atomic E-state index is 0.0634. The summed E-state index contributed by atoms with van der Waals surface area (Å²) in [4.78, 5) is 13.6. The van der Waals surface area contributed by atoms with Crippen LogP contribution in [0.15, 0.2) is 0 Å². The van der Waals surface area contributed by atoms with Crippen LogP contribution in [-0.4, -0.2) is 23.9 Å². The summed E-state index contributed by atoms with van der Waals surface area (Å²) in [5, 5.41) is 8.80. The topological polar surface area (TPSA) is 44.1 Å². The number of carbonyl (C=O) groups excluding carboxylic acids is 1. The molecule has 82 valence electrons. The highest BCUT2D eigenvalue weighted by Gasteiger charge is 2.40. The molecule has 0 aromatic carbocycles. The number of carbonyl (C=O) groups is 1. The molecule has 2 aliphatic rings. The summed E-state index contributed by atoms with van der Waals surface area (Å²) >= 11 is 0. The van der Waals surface area contributed by atoms with Gasteiger partial charge in [-0.15, -0.1) is 0 Å². The van der Waals surface area contributed by atoms with Crippen LogP contribution in [0.3, 0.4) is 0 Å². The van der Waals surface area contributed by atoms with Crippen molar-refractivity contribution in [2.75, 3.05) is 13.1 Å². The highest BCUT2D eigenvalue weighted by Crippen LogP contribution is 2.45. The third-order valence-corrected chi connectivity index (χ3v) is 4.09. The Morgan fingerprint density at radius 2 is 2.33 bits per heavy atom. The predicted molar refractivity (Wildman–Crippen MR) is 56.9 cm³/mol. The smallest absolute Gasteiger partial charge is 0.224 e. The summed E-state index contributed by atoms with van der Waals surface area (Å²) in [6.07, 6.45) is 5.41. The molecule has 1 aliphatic carbocycles. The SMILES string of the molecule is CCC1(CN2CC(C#N)CC2=O)CCC1. The second-order valence-corrected chi connectivity index (χ2v) is 5.01. The highest BCUT2D eigenvalue weighted by molar-refractivity contribution is 5.79. The molecule has 1 heterocycles. The van der Waals surface area contributed by atoms with E-state index in [9.17, 15) is 4.79 Å². The fourth-order valence-electron chi connectivity index (χ4n) is 2.72. The molecule has 2 fully saturated rings. The van der Waals surface area contributed by atoms with Crippen molar-refractivity contribution in [2.24, 2.45) is 11.3 Å². The van der Waals surface area contributed by atoms with Crippen LogP contribution in [0.25, 0.3) is 0 Å². The Morgan fingerprint density at radius 3 is 2.73 bits per heavy atom. The van der Waals surface area contributed by atoms with E-state index < -0.39 is 0 Å². The fraction of sp³-hybridized carbons (Fsp3) is 0.833. The minimum Gasteiger partial charge on any atom is -0.341 e. The number of nitrogens with zero attached hydrogens (tertiary/aromatic N) is 2. The molecule has 1 unspecified atom stereocenters. The summed E-state index contributed by atoms with van der Waals surface area (Å²) in [7, 11) is 0. The average Bonchev–Trinajstić information content (AvgIpc) is 2.53. The van der Waals surface area contributed by atoms with Crippen LogP contribution in [0.4, 0.5) is 0 Å². The van der Waals surface area contributed by atoms with E-state index in [-0.39, 0.29) is 11.8 Å². The molecule has 0 N–H and O–H groups in total. The van der Waals surface area contributed by atoms with Gasteiger partial charge in [-0.2, -0.15) is 5.26 Å². The number of amides is 1. The molecule has 1 aliphatic heterocycles. The van der Waals surface area contributed by atoms with Crippen LogP contribution in [-0.2, 0) is 4.79 Å². The largest absolute Gasteiger partial charge is 0.341 e. The zero-order chi connectivity index (χ0) is 10.9. The van der Waals surface area contributed by atoms with Crippen LogP contribution in [0.1, 0.15) is 39.0 Å². The third kappa shape index (κ3) is 1.86. The number of likely N-dealkylation sites (tertiary alicyclic amines) is 1. The van der Waals surface area contributed by atoms with Gasteiger partial charge in [0, 0.05) is 19.5 Å². The molecule has 0 spiro atoms. The van der Waals surface area contributed by atoms with Gasteiger partial charge in [-0.1, -0.05) is 13.3 Å². The van der Waals surface area contributed by atoms with Crippen molar-refractivity contribution in [1.29, 1.82) is 5.26 Å². The van der Waals surface area contributed by atoms with Crippen LogP contribution in [0.5, 0.6) is 0 Å². The van der Waals surface area contributed by atoms with E-state index in [1.807, 2.05) is 4.90 Å². The molecule has 1 atom stereocenters. The first kappa shape index (κ1) is 10.5. The molecule has 2 rings (SSSR count). The maximum absolute atomic E-state index is 11.7. The first-order chi connectivity index (χ1) is 7.19. The quantitative estimate of drug-likeness (QED) is 0.708.